The molecule has 0 atom stereocenters. The minimum absolute atomic E-state index is 0.0168. The molecule has 0 aromatic carbocycles. The Hall–Kier alpha value is -1.83. The fourth-order valence-corrected chi connectivity index (χ4v) is 2.56. The van der Waals surface area contributed by atoms with Crippen molar-refractivity contribution < 1.29 is 9.21 Å². The molecule has 20 heavy (non-hydrogen) atoms. The molecule has 0 bridgehead atoms. The first-order valence-corrected chi connectivity index (χ1v) is 7.62. The lowest BCUT2D eigenvalue weighted by atomic mass is 10.4. The third kappa shape index (κ3) is 3.38. The topological polar surface area (TPSA) is 85.8 Å². The maximum atomic E-state index is 11.7. The van der Waals surface area contributed by atoms with E-state index in [0.717, 1.165) is 24.4 Å². The average Bonchev–Trinajstić information content (AvgIpc) is 2.98. The Balaban J connectivity index is 1.38. The van der Waals surface area contributed by atoms with Crippen molar-refractivity contribution in [2.75, 3.05) is 5.75 Å². The van der Waals surface area contributed by atoms with Crippen LogP contribution in [0.5, 0.6) is 0 Å². The predicted octanol–water partition coefficient (Wildman–Crippen LogP) is 1.15. The van der Waals surface area contributed by atoms with Gasteiger partial charge in [-0.1, -0.05) is 0 Å². The highest BCUT2D eigenvalue weighted by Crippen LogP contribution is 2.34. The van der Waals surface area contributed by atoms with E-state index in [0.29, 0.717) is 24.1 Å². The molecule has 0 radical (unpaired) electrons. The molecule has 0 unspecified atom stereocenters. The Morgan fingerprint density at radius 1 is 1.55 bits per heavy atom. The van der Waals surface area contributed by atoms with Gasteiger partial charge in [-0.25, -0.2) is 4.68 Å². The van der Waals surface area contributed by atoms with Crippen molar-refractivity contribution in [2.45, 2.75) is 31.2 Å². The van der Waals surface area contributed by atoms with E-state index in [4.69, 9.17) is 4.42 Å². The smallest absolute Gasteiger partial charge is 0.230 e. The summed E-state index contributed by atoms with van der Waals surface area (Å²) in [6, 6.07) is 4.10. The lowest BCUT2D eigenvalue weighted by Crippen LogP contribution is -2.24. The van der Waals surface area contributed by atoms with E-state index in [1.165, 1.54) is 11.8 Å². The molecule has 7 nitrogen and oxygen atoms in total. The normalized spacial score (nSPS) is 14.4. The zero-order valence-corrected chi connectivity index (χ0v) is 11.7. The summed E-state index contributed by atoms with van der Waals surface area (Å²) in [5, 5.41) is 14.5. The maximum absolute atomic E-state index is 11.7. The first-order valence-electron chi connectivity index (χ1n) is 6.46. The number of carbonyl (C=O) groups excluding carboxylic acids is 1. The average molecular weight is 293 g/mol. The zero-order valence-electron chi connectivity index (χ0n) is 10.9. The quantitative estimate of drug-likeness (QED) is 0.824. The van der Waals surface area contributed by atoms with Gasteiger partial charge in [0.25, 0.3) is 0 Å². The molecule has 2 heterocycles. The summed E-state index contributed by atoms with van der Waals surface area (Å²) in [6.45, 7) is 0.423. The summed E-state index contributed by atoms with van der Waals surface area (Å²) in [5.74, 6) is 2.62. The highest BCUT2D eigenvalue weighted by Gasteiger charge is 2.27. The monoisotopic (exact) mass is 293 g/mol. The summed E-state index contributed by atoms with van der Waals surface area (Å²) in [5.41, 5.74) is 0. The second-order valence-electron chi connectivity index (χ2n) is 4.62. The molecule has 0 aliphatic heterocycles. The number of nitrogens with one attached hydrogen (secondary N) is 1. The second kappa shape index (κ2) is 6.08. The number of aromatic nitrogens is 4. The van der Waals surface area contributed by atoms with Gasteiger partial charge in [0, 0.05) is 0 Å². The van der Waals surface area contributed by atoms with Gasteiger partial charge in [-0.15, -0.1) is 16.9 Å². The number of nitrogens with zero attached hydrogens (tertiary/aromatic N) is 4. The SMILES string of the molecule is O=C(CSCc1nnnn1C1CC1)NCc1ccco1. The van der Waals surface area contributed by atoms with Crippen molar-refractivity contribution in [1.29, 1.82) is 0 Å². The molecule has 1 fully saturated rings. The van der Waals surface area contributed by atoms with E-state index < -0.39 is 0 Å². The Morgan fingerprint density at radius 3 is 3.20 bits per heavy atom. The van der Waals surface area contributed by atoms with Crippen LogP contribution in [-0.2, 0) is 17.1 Å². The number of amides is 1. The van der Waals surface area contributed by atoms with Gasteiger partial charge in [-0.2, -0.15) is 0 Å². The van der Waals surface area contributed by atoms with Crippen molar-refractivity contribution in [2.24, 2.45) is 0 Å². The third-order valence-electron chi connectivity index (χ3n) is 2.96. The fraction of sp³-hybridized carbons (Fsp3) is 0.500. The van der Waals surface area contributed by atoms with E-state index >= 15 is 0 Å². The maximum Gasteiger partial charge on any atom is 0.230 e. The van der Waals surface area contributed by atoms with Crippen molar-refractivity contribution in [3.05, 3.63) is 30.0 Å². The standard InChI is InChI=1S/C12H15N5O2S/c18-12(13-6-10-2-1-5-19-10)8-20-7-11-14-15-16-17(11)9-3-4-9/h1-2,5,9H,3-4,6-8H2,(H,13,18). The molecule has 1 aliphatic rings. The van der Waals surface area contributed by atoms with Crippen LogP contribution < -0.4 is 5.32 Å². The minimum Gasteiger partial charge on any atom is -0.467 e. The Kier molecular flexibility index (Phi) is 4.00. The van der Waals surface area contributed by atoms with Gasteiger partial charge in [-0.3, -0.25) is 4.79 Å². The lowest BCUT2D eigenvalue weighted by Gasteiger charge is -2.04. The van der Waals surface area contributed by atoms with Crippen LogP contribution in [0.1, 0.15) is 30.5 Å². The Labute approximate surface area is 120 Å². The van der Waals surface area contributed by atoms with Gasteiger partial charge in [0.05, 0.1) is 30.4 Å². The molecule has 1 aliphatic carbocycles. The van der Waals surface area contributed by atoms with Crippen LogP contribution in [0.25, 0.3) is 0 Å². The molecule has 0 spiro atoms. The van der Waals surface area contributed by atoms with Crippen molar-refractivity contribution in [3.8, 4) is 0 Å². The summed E-state index contributed by atoms with van der Waals surface area (Å²) >= 11 is 1.51. The molecule has 0 saturated heterocycles. The third-order valence-corrected chi connectivity index (χ3v) is 3.89. The number of hydrogen-bond acceptors (Lipinski definition) is 6. The van der Waals surface area contributed by atoms with Gasteiger partial charge < -0.3 is 9.73 Å². The largest absolute Gasteiger partial charge is 0.467 e. The molecule has 8 heteroatoms. The molecular formula is C12H15N5O2S. The molecule has 106 valence electrons. The first-order chi connectivity index (χ1) is 9.83. The van der Waals surface area contributed by atoms with Gasteiger partial charge in [0.2, 0.25) is 5.91 Å². The van der Waals surface area contributed by atoms with Gasteiger partial charge in [0.1, 0.15) is 5.76 Å². The van der Waals surface area contributed by atoms with Crippen LogP contribution in [0.3, 0.4) is 0 Å². The summed E-state index contributed by atoms with van der Waals surface area (Å²) in [4.78, 5) is 11.7. The number of carbonyl (C=O) groups is 1. The van der Waals surface area contributed by atoms with Crippen molar-refractivity contribution >= 4 is 17.7 Å². The zero-order chi connectivity index (χ0) is 13.8. The number of rotatable bonds is 7. The molecule has 1 N–H and O–H groups in total. The van der Waals surface area contributed by atoms with Crippen LogP contribution in [0.15, 0.2) is 22.8 Å². The molecule has 3 rings (SSSR count). The van der Waals surface area contributed by atoms with E-state index in [-0.39, 0.29) is 5.91 Å². The molecule has 1 saturated carbocycles. The van der Waals surface area contributed by atoms with E-state index in [1.54, 1.807) is 12.3 Å². The fourth-order valence-electron chi connectivity index (χ4n) is 1.79. The first kappa shape index (κ1) is 13.2. The number of hydrogen-bond donors (Lipinski definition) is 1. The highest BCUT2D eigenvalue weighted by atomic mass is 32.2. The molecule has 2 aromatic rings. The van der Waals surface area contributed by atoms with E-state index in [2.05, 4.69) is 20.8 Å². The van der Waals surface area contributed by atoms with Crippen LogP contribution in [-0.4, -0.2) is 31.9 Å². The summed E-state index contributed by atoms with van der Waals surface area (Å²) in [6.07, 6.45) is 3.88. The van der Waals surface area contributed by atoms with E-state index in [1.807, 2.05) is 10.7 Å². The van der Waals surface area contributed by atoms with Crippen LogP contribution in [0.4, 0.5) is 0 Å². The molecule has 1 amide bonds. The van der Waals surface area contributed by atoms with Crippen molar-refractivity contribution in [1.82, 2.24) is 25.5 Å². The minimum atomic E-state index is -0.0168. The summed E-state index contributed by atoms with van der Waals surface area (Å²) < 4.78 is 7.01. The Morgan fingerprint density at radius 2 is 2.45 bits per heavy atom. The lowest BCUT2D eigenvalue weighted by molar-refractivity contribution is -0.118. The number of thioether (sulfide) groups is 1. The predicted molar refractivity (Wildman–Crippen MR) is 72.8 cm³/mol. The molecular weight excluding hydrogens is 278 g/mol. The van der Waals surface area contributed by atoms with Gasteiger partial charge in [-0.05, 0) is 35.4 Å². The van der Waals surface area contributed by atoms with Crippen molar-refractivity contribution in [3.63, 3.8) is 0 Å². The number of tetrazole rings is 1. The van der Waals surface area contributed by atoms with Crippen LogP contribution in [0, 0.1) is 0 Å². The van der Waals surface area contributed by atoms with Gasteiger partial charge in [0.15, 0.2) is 5.82 Å². The van der Waals surface area contributed by atoms with Crippen LogP contribution in [0.2, 0.25) is 0 Å². The van der Waals surface area contributed by atoms with Gasteiger partial charge >= 0.3 is 0 Å². The summed E-state index contributed by atoms with van der Waals surface area (Å²) in [7, 11) is 0. The Bertz CT molecular complexity index is 564. The van der Waals surface area contributed by atoms with E-state index in [9.17, 15) is 4.79 Å². The van der Waals surface area contributed by atoms with Crippen LogP contribution >= 0.6 is 11.8 Å². The highest BCUT2D eigenvalue weighted by molar-refractivity contribution is 7.99. The second-order valence-corrected chi connectivity index (χ2v) is 5.61. The number of furan rings is 1. The molecule has 2 aromatic heterocycles.